The summed E-state index contributed by atoms with van der Waals surface area (Å²) in [4.78, 5) is 7.73. The van der Waals surface area contributed by atoms with Crippen molar-refractivity contribution in [2.75, 3.05) is 26.7 Å². The topological polar surface area (TPSA) is 32.5 Å². The maximum absolute atomic E-state index is 6.06. The summed E-state index contributed by atoms with van der Waals surface area (Å²) in [7, 11) is 2.22. The molecule has 1 saturated heterocycles. The molecule has 1 aliphatic rings. The second kappa shape index (κ2) is 6.22. The van der Waals surface area contributed by atoms with Crippen LogP contribution >= 0.6 is 27.3 Å². The highest BCUT2D eigenvalue weighted by atomic mass is 79.9. The van der Waals surface area contributed by atoms with Crippen molar-refractivity contribution < 1.29 is 0 Å². The summed E-state index contributed by atoms with van der Waals surface area (Å²) in [5.41, 5.74) is 6.06. The molecule has 3 nitrogen and oxygen atoms in total. The molecule has 1 fully saturated rings. The lowest BCUT2D eigenvalue weighted by Gasteiger charge is -2.45. The van der Waals surface area contributed by atoms with Crippen molar-refractivity contribution in [3.8, 4) is 0 Å². The van der Waals surface area contributed by atoms with Crippen molar-refractivity contribution >= 4 is 27.3 Å². The first kappa shape index (κ1) is 15.4. The fourth-order valence-corrected chi connectivity index (χ4v) is 4.50. The highest BCUT2D eigenvalue weighted by Gasteiger charge is 2.31. The van der Waals surface area contributed by atoms with Gasteiger partial charge in [0.25, 0.3) is 0 Å². The van der Waals surface area contributed by atoms with Crippen molar-refractivity contribution in [3.05, 3.63) is 20.3 Å². The van der Waals surface area contributed by atoms with E-state index in [1.807, 2.05) is 11.3 Å². The van der Waals surface area contributed by atoms with Gasteiger partial charge in [0.15, 0.2) is 0 Å². The zero-order chi connectivity index (χ0) is 14.2. The highest BCUT2D eigenvalue weighted by Crippen LogP contribution is 2.34. The van der Waals surface area contributed by atoms with Gasteiger partial charge in [-0.1, -0.05) is 0 Å². The quantitative estimate of drug-likeness (QED) is 0.914. The third-order valence-corrected chi connectivity index (χ3v) is 6.49. The number of nitrogens with two attached hydrogens (primary N) is 1. The van der Waals surface area contributed by atoms with E-state index in [2.05, 4.69) is 59.6 Å². The molecule has 0 aliphatic carbocycles. The van der Waals surface area contributed by atoms with E-state index in [1.54, 1.807) is 0 Å². The molecule has 0 radical (unpaired) electrons. The van der Waals surface area contributed by atoms with Crippen molar-refractivity contribution in [2.45, 2.75) is 38.9 Å². The molecule has 0 amide bonds. The Morgan fingerprint density at radius 1 is 1.42 bits per heavy atom. The average Bonchev–Trinajstić information content (AvgIpc) is 2.67. The van der Waals surface area contributed by atoms with Crippen LogP contribution in [-0.4, -0.2) is 48.6 Å². The third-order valence-electron chi connectivity index (χ3n) is 4.26. The molecule has 1 aromatic heterocycles. The highest BCUT2D eigenvalue weighted by molar-refractivity contribution is 9.10. The predicted molar refractivity (Wildman–Crippen MR) is 86.8 cm³/mol. The predicted octanol–water partition coefficient (Wildman–Crippen LogP) is 2.84. The molecule has 5 heteroatoms. The normalized spacial score (nSPS) is 27.7. The molecule has 3 atom stereocenters. The summed E-state index contributed by atoms with van der Waals surface area (Å²) in [5, 5.41) is 0. The second-order valence-corrected chi connectivity index (χ2v) is 7.76. The van der Waals surface area contributed by atoms with E-state index >= 15 is 0 Å². The Bertz CT molecular complexity index is 403. The monoisotopic (exact) mass is 345 g/mol. The Kier molecular flexibility index (Phi) is 5.06. The van der Waals surface area contributed by atoms with Gasteiger partial charge in [0.05, 0.1) is 6.04 Å². The van der Waals surface area contributed by atoms with Gasteiger partial charge in [-0.05, 0) is 49.8 Å². The summed E-state index contributed by atoms with van der Waals surface area (Å²) >= 11 is 5.48. The van der Waals surface area contributed by atoms with Gasteiger partial charge in [-0.25, -0.2) is 0 Å². The van der Waals surface area contributed by atoms with Crippen molar-refractivity contribution in [1.29, 1.82) is 0 Å². The van der Waals surface area contributed by atoms with Crippen LogP contribution < -0.4 is 5.73 Å². The number of hydrogen-bond acceptors (Lipinski definition) is 4. The Morgan fingerprint density at radius 3 is 2.42 bits per heavy atom. The Morgan fingerprint density at radius 2 is 2.00 bits per heavy atom. The van der Waals surface area contributed by atoms with Gasteiger partial charge >= 0.3 is 0 Å². The van der Waals surface area contributed by atoms with Gasteiger partial charge in [0.1, 0.15) is 0 Å². The first-order chi connectivity index (χ1) is 8.93. The molecule has 19 heavy (non-hydrogen) atoms. The minimum Gasteiger partial charge on any atom is -0.329 e. The smallest absolute Gasteiger partial charge is 0.0565 e. The van der Waals surface area contributed by atoms with E-state index < -0.39 is 0 Å². The van der Waals surface area contributed by atoms with E-state index in [0.717, 1.165) is 13.1 Å². The maximum atomic E-state index is 6.06. The Labute approximate surface area is 128 Å². The number of likely N-dealkylation sites (N-methyl/N-ethyl adjacent to an activating group) is 1. The van der Waals surface area contributed by atoms with Gasteiger partial charge in [-0.15, -0.1) is 11.3 Å². The van der Waals surface area contributed by atoms with Gasteiger partial charge in [0.2, 0.25) is 0 Å². The van der Waals surface area contributed by atoms with Crippen LogP contribution in [0.2, 0.25) is 0 Å². The molecule has 3 unspecified atom stereocenters. The van der Waals surface area contributed by atoms with Gasteiger partial charge in [-0.2, -0.15) is 0 Å². The summed E-state index contributed by atoms with van der Waals surface area (Å²) in [5.74, 6) is 0. The van der Waals surface area contributed by atoms with Gasteiger partial charge in [-0.3, -0.25) is 9.80 Å². The summed E-state index contributed by atoms with van der Waals surface area (Å²) in [6.45, 7) is 9.63. The van der Waals surface area contributed by atoms with Gasteiger partial charge in [0, 0.05) is 45.9 Å². The summed E-state index contributed by atoms with van der Waals surface area (Å²) in [6.07, 6.45) is 0. The van der Waals surface area contributed by atoms with Crippen LogP contribution in [0.25, 0.3) is 0 Å². The largest absolute Gasteiger partial charge is 0.329 e. The number of thiophene rings is 1. The molecular weight excluding hydrogens is 322 g/mol. The van der Waals surface area contributed by atoms with Crippen LogP contribution in [0.4, 0.5) is 0 Å². The fraction of sp³-hybridized carbons (Fsp3) is 0.714. The van der Waals surface area contributed by atoms with Crippen LogP contribution in [0.15, 0.2) is 10.5 Å². The molecule has 2 N–H and O–H groups in total. The molecule has 108 valence electrons. The summed E-state index contributed by atoms with van der Waals surface area (Å²) < 4.78 is 1.21. The van der Waals surface area contributed by atoms with E-state index in [0.29, 0.717) is 24.7 Å². The molecule has 0 bridgehead atoms. The lowest BCUT2D eigenvalue weighted by molar-refractivity contribution is 0.0360. The SMILES string of the molecule is Cc1sc(C(CN)N2CC(C)N(C)C(C)C2)cc1Br. The van der Waals surface area contributed by atoms with Crippen LogP contribution in [-0.2, 0) is 0 Å². The molecule has 1 aliphatic heterocycles. The van der Waals surface area contributed by atoms with E-state index in [9.17, 15) is 0 Å². The number of rotatable bonds is 3. The minimum absolute atomic E-state index is 0.355. The second-order valence-electron chi connectivity index (χ2n) is 5.62. The molecule has 2 heterocycles. The van der Waals surface area contributed by atoms with Crippen molar-refractivity contribution in [1.82, 2.24) is 9.80 Å². The number of halogens is 1. The first-order valence-corrected chi connectivity index (χ1v) is 8.46. The number of hydrogen-bond donors (Lipinski definition) is 1. The number of aryl methyl sites for hydroxylation is 1. The lowest BCUT2D eigenvalue weighted by atomic mass is 10.1. The van der Waals surface area contributed by atoms with E-state index in [-0.39, 0.29) is 0 Å². The third kappa shape index (κ3) is 3.22. The van der Waals surface area contributed by atoms with Crippen molar-refractivity contribution in [2.24, 2.45) is 5.73 Å². The van der Waals surface area contributed by atoms with Gasteiger partial charge < -0.3 is 5.73 Å². The summed E-state index contributed by atoms with van der Waals surface area (Å²) in [6, 6.07) is 3.77. The molecule has 2 rings (SSSR count). The standard InChI is InChI=1S/C14H24BrN3S/c1-9-7-18(8-10(2)17(9)4)13(6-16)14-5-12(15)11(3)19-14/h5,9-10,13H,6-8,16H2,1-4H3. The lowest BCUT2D eigenvalue weighted by Crippen LogP contribution is -2.56. The zero-order valence-corrected chi connectivity index (χ0v) is 14.6. The Balaban J connectivity index is 2.18. The number of nitrogens with zero attached hydrogens (tertiary/aromatic N) is 2. The van der Waals surface area contributed by atoms with Crippen LogP contribution in [0.5, 0.6) is 0 Å². The van der Waals surface area contributed by atoms with Crippen LogP contribution in [0.1, 0.15) is 29.6 Å². The zero-order valence-electron chi connectivity index (χ0n) is 12.2. The van der Waals surface area contributed by atoms with Crippen LogP contribution in [0.3, 0.4) is 0 Å². The molecule has 1 aromatic rings. The molecule has 0 saturated carbocycles. The van der Waals surface area contributed by atoms with Crippen LogP contribution in [0, 0.1) is 6.92 Å². The molecular formula is C14H24BrN3S. The maximum Gasteiger partial charge on any atom is 0.0565 e. The molecule has 0 aromatic carbocycles. The molecule has 0 spiro atoms. The van der Waals surface area contributed by atoms with Crippen molar-refractivity contribution in [3.63, 3.8) is 0 Å². The minimum atomic E-state index is 0.355. The average molecular weight is 346 g/mol. The first-order valence-electron chi connectivity index (χ1n) is 6.86. The fourth-order valence-electron chi connectivity index (χ4n) is 2.79. The number of piperazine rings is 1. The van der Waals surface area contributed by atoms with E-state index in [1.165, 1.54) is 14.2 Å². The van der Waals surface area contributed by atoms with E-state index in [4.69, 9.17) is 5.73 Å². The Hall–Kier alpha value is 0.0600.